The van der Waals surface area contributed by atoms with Crippen molar-refractivity contribution in [3.8, 4) is 11.5 Å². The minimum Gasteiger partial charge on any atom is -0.490 e. The lowest BCUT2D eigenvalue weighted by Gasteiger charge is -2.17. The topological polar surface area (TPSA) is 132 Å². The summed E-state index contributed by atoms with van der Waals surface area (Å²) >= 11 is 5.74. The lowest BCUT2D eigenvalue weighted by Crippen LogP contribution is -2.29. The highest BCUT2D eigenvalue weighted by molar-refractivity contribution is 7.91. The lowest BCUT2D eigenvalue weighted by atomic mass is 10.3. The van der Waals surface area contributed by atoms with Crippen LogP contribution in [0.4, 0.5) is 0 Å². The average molecular weight is 543 g/mol. The van der Waals surface area contributed by atoms with Crippen LogP contribution in [0.25, 0.3) is 0 Å². The molecular weight excluding hydrogens is 516 g/mol. The molecule has 2 rings (SSSR count). The van der Waals surface area contributed by atoms with Gasteiger partial charge in [-0.1, -0.05) is 0 Å². The summed E-state index contributed by atoms with van der Waals surface area (Å²) in [6.45, 7) is 3.48. The Labute approximate surface area is 214 Å². The molecule has 10 nitrogen and oxygen atoms in total. The van der Waals surface area contributed by atoms with Gasteiger partial charge >= 0.3 is 17.9 Å². The van der Waals surface area contributed by atoms with Gasteiger partial charge in [-0.25, -0.2) is 8.42 Å². The maximum atomic E-state index is 13.0. The van der Waals surface area contributed by atoms with Gasteiger partial charge in [-0.3, -0.25) is 14.4 Å². The summed E-state index contributed by atoms with van der Waals surface area (Å²) in [7, 11) is -3.82. The van der Waals surface area contributed by atoms with E-state index < -0.39 is 40.0 Å². The van der Waals surface area contributed by atoms with Crippen molar-refractivity contribution in [3.63, 3.8) is 0 Å². The van der Waals surface area contributed by atoms with Gasteiger partial charge in [-0.15, -0.1) is 11.6 Å². The number of halogens is 1. The van der Waals surface area contributed by atoms with Crippen LogP contribution < -0.4 is 9.47 Å². The number of carbonyl (C=O) groups excluding carboxylic acids is 3. The predicted octanol–water partition coefficient (Wildman–Crippen LogP) is 2.94. The van der Waals surface area contributed by atoms with Crippen LogP contribution >= 0.6 is 11.6 Å². The molecule has 0 aliphatic rings. The van der Waals surface area contributed by atoms with Crippen LogP contribution in [-0.4, -0.2) is 64.2 Å². The quantitative estimate of drug-likeness (QED) is 0.211. The first-order valence-electron chi connectivity index (χ1n) is 10.8. The van der Waals surface area contributed by atoms with E-state index in [9.17, 15) is 22.8 Å². The van der Waals surface area contributed by atoms with Gasteiger partial charge in [0.25, 0.3) is 0 Å². The fourth-order valence-corrected chi connectivity index (χ4v) is 4.26. The third-order valence-electron chi connectivity index (χ3n) is 4.45. The number of rotatable bonds is 13. The lowest BCUT2D eigenvalue weighted by molar-refractivity contribution is -0.158. The molecule has 0 aliphatic carbocycles. The average Bonchev–Trinajstić information content (AvgIpc) is 2.83. The second-order valence-corrected chi connectivity index (χ2v) is 9.75. The summed E-state index contributed by atoms with van der Waals surface area (Å²) in [6.07, 6.45) is -1.44. The molecule has 0 aliphatic heterocycles. The highest BCUT2D eigenvalue weighted by Crippen LogP contribution is 2.25. The summed E-state index contributed by atoms with van der Waals surface area (Å²) in [5, 5.41) is 0. The molecule has 0 aromatic heterocycles. The Hall–Kier alpha value is -3.31. The van der Waals surface area contributed by atoms with E-state index in [-0.39, 0.29) is 35.5 Å². The third-order valence-corrected chi connectivity index (χ3v) is 6.58. The van der Waals surface area contributed by atoms with Gasteiger partial charge in [0.1, 0.15) is 37.4 Å². The summed E-state index contributed by atoms with van der Waals surface area (Å²) in [5.41, 5.74) is 0. The van der Waals surface area contributed by atoms with E-state index in [1.54, 1.807) is 0 Å². The van der Waals surface area contributed by atoms with Crippen LogP contribution in [0.2, 0.25) is 0 Å². The van der Waals surface area contributed by atoms with E-state index in [1.165, 1.54) is 69.3 Å². The van der Waals surface area contributed by atoms with Gasteiger partial charge in [0.05, 0.1) is 15.7 Å². The van der Waals surface area contributed by atoms with Crippen molar-refractivity contribution >= 4 is 39.3 Å². The Morgan fingerprint density at radius 2 is 1.11 bits per heavy atom. The van der Waals surface area contributed by atoms with Gasteiger partial charge in [0, 0.05) is 20.8 Å². The van der Waals surface area contributed by atoms with Crippen LogP contribution in [-0.2, 0) is 38.4 Å². The molecule has 36 heavy (non-hydrogen) atoms. The Bertz CT molecular complexity index is 1130. The van der Waals surface area contributed by atoms with Gasteiger partial charge in [-0.05, 0) is 48.5 Å². The Morgan fingerprint density at radius 3 is 1.50 bits per heavy atom. The van der Waals surface area contributed by atoms with Crippen molar-refractivity contribution in [2.45, 2.75) is 42.8 Å². The second-order valence-electron chi connectivity index (χ2n) is 7.49. The van der Waals surface area contributed by atoms with Crippen LogP contribution in [0, 0.1) is 0 Å². The minimum absolute atomic E-state index is 0.0236. The van der Waals surface area contributed by atoms with Gasteiger partial charge < -0.3 is 23.7 Å². The monoisotopic (exact) mass is 542 g/mol. The molecule has 0 bridgehead atoms. The zero-order valence-electron chi connectivity index (χ0n) is 20.0. The number of benzene rings is 2. The third kappa shape index (κ3) is 9.38. The summed E-state index contributed by atoms with van der Waals surface area (Å²) < 4.78 is 51.9. The maximum Gasteiger partial charge on any atom is 0.303 e. The molecule has 2 atom stereocenters. The smallest absolute Gasteiger partial charge is 0.303 e. The van der Waals surface area contributed by atoms with Crippen LogP contribution in [0.1, 0.15) is 20.8 Å². The molecule has 0 amide bonds. The molecule has 2 aromatic rings. The number of alkyl halides is 1. The van der Waals surface area contributed by atoms with Crippen molar-refractivity contribution in [2.75, 3.05) is 25.7 Å². The summed E-state index contributed by atoms with van der Waals surface area (Å²) in [6, 6.07) is 11.5. The number of hydrogen-bond acceptors (Lipinski definition) is 10. The van der Waals surface area contributed by atoms with E-state index >= 15 is 0 Å². The van der Waals surface area contributed by atoms with Gasteiger partial charge in [0.15, 0.2) is 6.10 Å². The molecule has 0 radical (unpaired) electrons. The zero-order chi connectivity index (χ0) is 26.7. The van der Waals surface area contributed by atoms with Gasteiger partial charge in [-0.2, -0.15) is 0 Å². The second kappa shape index (κ2) is 13.7. The van der Waals surface area contributed by atoms with Crippen molar-refractivity contribution in [3.05, 3.63) is 48.5 Å². The van der Waals surface area contributed by atoms with E-state index in [2.05, 4.69) is 0 Å². The van der Waals surface area contributed by atoms with E-state index in [1.807, 2.05) is 0 Å². The first-order valence-corrected chi connectivity index (χ1v) is 12.8. The minimum atomic E-state index is -3.82. The van der Waals surface area contributed by atoms with E-state index in [0.717, 1.165) is 0 Å². The molecule has 196 valence electrons. The fraction of sp³-hybridized carbons (Fsp3) is 0.375. The highest BCUT2D eigenvalue weighted by Gasteiger charge is 2.19. The first-order chi connectivity index (χ1) is 17.0. The predicted molar refractivity (Wildman–Crippen MR) is 128 cm³/mol. The van der Waals surface area contributed by atoms with Crippen molar-refractivity contribution in [1.82, 2.24) is 0 Å². The Balaban J connectivity index is 2.01. The molecular formula is C24H27ClO10S. The highest BCUT2D eigenvalue weighted by atomic mass is 35.5. The van der Waals surface area contributed by atoms with E-state index in [4.69, 9.17) is 35.3 Å². The Kier molecular flexibility index (Phi) is 11.0. The normalized spacial score (nSPS) is 12.7. The number of ether oxygens (including phenoxy) is 5. The molecule has 0 fully saturated rings. The molecule has 0 heterocycles. The molecule has 12 heteroatoms. The molecule has 0 unspecified atom stereocenters. The largest absolute Gasteiger partial charge is 0.490 e. The Morgan fingerprint density at radius 1 is 0.694 bits per heavy atom. The number of sulfone groups is 1. The number of hydrogen-bond donors (Lipinski definition) is 0. The van der Waals surface area contributed by atoms with Crippen LogP contribution in [0.15, 0.2) is 58.3 Å². The van der Waals surface area contributed by atoms with Gasteiger partial charge in [0.2, 0.25) is 9.84 Å². The number of carbonyl (C=O) groups is 3. The van der Waals surface area contributed by atoms with Crippen molar-refractivity contribution < 1.29 is 46.5 Å². The summed E-state index contributed by atoms with van der Waals surface area (Å²) in [4.78, 5) is 33.3. The molecule has 0 spiro atoms. The zero-order valence-corrected chi connectivity index (χ0v) is 21.5. The van der Waals surface area contributed by atoms with Crippen LogP contribution in [0.3, 0.4) is 0 Å². The van der Waals surface area contributed by atoms with Crippen molar-refractivity contribution in [1.29, 1.82) is 0 Å². The first kappa shape index (κ1) is 28.9. The molecule has 0 saturated carbocycles. The fourth-order valence-electron chi connectivity index (χ4n) is 2.85. The molecule has 2 aromatic carbocycles. The standard InChI is InChI=1S/C24H27ClO10S/c1-16(26)31-14-22(35-18(3)28)15-33-20-6-10-24(11-7-20)36(29,30)23-8-4-19(5-9-23)32-13-21(12-25)34-17(2)27/h4-11,21-22H,12-15H2,1-3H3/t21-,22+/m0/s1. The molecule has 0 N–H and O–H groups in total. The van der Waals surface area contributed by atoms with Crippen molar-refractivity contribution in [2.24, 2.45) is 0 Å². The maximum absolute atomic E-state index is 13.0. The van der Waals surface area contributed by atoms with E-state index in [0.29, 0.717) is 11.5 Å². The SMILES string of the molecule is CC(=O)OC[C@H](COc1ccc(S(=O)(=O)c2ccc(OC[C@H](CCl)OC(C)=O)cc2)cc1)OC(C)=O. The number of esters is 3. The molecule has 0 saturated heterocycles. The van der Waals surface area contributed by atoms with Crippen LogP contribution in [0.5, 0.6) is 11.5 Å². The summed E-state index contributed by atoms with van der Waals surface area (Å²) in [5.74, 6) is -0.786.